The number of rotatable bonds is 7. The third-order valence-electron chi connectivity index (χ3n) is 4.44. The number of ketones is 2. The number of hydroxylamine groups is 1. The highest BCUT2D eigenvalue weighted by Gasteiger charge is 2.35. The van der Waals surface area contributed by atoms with Crippen molar-refractivity contribution in [1.29, 1.82) is 0 Å². The Bertz CT molecular complexity index is 393. The lowest BCUT2D eigenvalue weighted by Crippen LogP contribution is -2.34. The number of unbranched alkanes of at least 4 members (excludes halogenated alkanes) is 1. The molecular weight excluding hydrogens is 282 g/mol. The maximum atomic E-state index is 12.3. The summed E-state index contributed by atoms with van der Waals surface area (Å²) in [4.78, 5) is 29.5. The number of allylic oxidation sites excluding steroid dienone is 2. The lowest BCUT2D eigenvalue weighted by molar-refractivity contribution is -0.127. The van der Waals surface area contributed by atoms with Crippen molar-refractivity contribution in [2.75, 3.05) is 26.4 Å². The highest BCUT2D eigenvalue weighted by atomic mass is 16.6. The molecule has 1 heterocycles. The van der Waals surface area contributed by atoms with Crippen LogP contribution in [0.1, 0.15) is 45.4 Å². The van der Waals surface area contributed by atoms with Crippen LogP contribution in [0.25, 0.3) is 0 Å². The van der Waals surface area contributed by atoms with E-state index in [-0.39, 0.29) is 17.5 Å². The van der Waals surface area contributed by atoms with Gasteiger partial charge in [-0.1, -0.05) is 6.08 Å². The minimum Gasteiger partial charge on any atom is -0.381 e. The molecule has 1 unspecified atom stereocenters. The molecule has 0 aromatic carbocycles. The SMILES string of the molecule is CCONCCCC=C1C(=O)CC(C2CCCOC2)CC1=O. The van der Waals surface area contributed by atoms with Gasteiger partial charge in [-0.3, -0.25) is 9.59 Å². The van der Waals surface area contributed by atoms with Gasteiger partial charge in [-0.15, -0.1) is 0 Å². The van der Waals surface area contributed by atoms with E-state index in [1.54, 1.807) is 0 Å². The van der Waals surface area contributed by atoms with E-state index in [0.29, 0.717) is 37.5 Å². The average Bonchev–Trinajstić information content (AvgIpc) is 2.53. The summed E-state index contributed by atoms with van der Waals surface area (Å²) in [5.74, 6) is 0.588. The van der Waals surface area contributed by atoms with E-state index < -0.39 is 0 Å². The molecule has 1 N–H and O–H groups in total. The molecule has 5 heteroatoms. The van der Waals surface area contributed by atoms with Crippen LogP contribution in [0.2, 0.25) is 0 Å². The summed E-state index contributed by atoms with van der Waals surface area (Å²) in [6.45, 7) is 4.79. The monoisotopic (exact) mass is 309 g/mol. The molecule has 1 saturated heterocycles. The van der Waals surface area contributed by atoms with Gasteiger partial charge in [0.05, 0.1) is 12.2 Å². The van der Waals surface area contributed by atoms with Gasteiger partial charge in [0.2, 0.25) is 0 Å². The Labute approximate surface area is 132 Å². The third kappa shape index (κ3) is 5.00. The van der Waals surface area contributed by atoms with Crippen LogP contribution in [0.4, 0.5) is 0 Å². The van der Waals surface area contributed by atoms with E-state index in [1.807, 2.05) is 13.0 Å². The lowest BCUT2D eigenvalue weighted by Gasteiger charge is -2.32. The molecule has 1 aliphatic heterocycles. The predicted octanol–water partition coefficient (Wildman–Crippen LogP) is 2.21. The zero-order valence-electron chi connectivity index (χ0n) is 13.4. The number of carbonyl (C=O) groups is 2. The summed E-state index contributed by atoms with van der Waals surface area (Å²) in [6, 6.07) is 0. The Balaban J connectivity index is 1.80. The second-order valence-corrected chi connectivity index (χ2v) is 6.08. The van der Waals surface area contributed by atoms with Crippen LogP contribution in [0, 0.1) is 11.8 Å². The Morgan fingerprint density at radius 3 is 2.68 bits per heavy atom. The number of carbonyl (C=O) groups excluding carboxylic acids is 2. The van der Waals surface area contributed by atoms with Gasteiger partial charge in [0.1, 0.15) is 0 Å². The molecule has 0 bridgehead atoms. The van der Waals surface area contributed by atoms with Gasteiger partial charge in [-0.2, -0.15) is 0 Å². The molecule has 0 amide bonds. The fraction of sp³-hybridized carbons (Fsp3) is 0.765. The molecule has 0 aromatic rings. The molecule has 5 nitrogen and oxygen atoms in total. The van der Waals surface area contributed by atoms with Gasteiger partial charge < -0.3 is 9.57 Å². The summed E-state index contributed by atoms with van der Waals surface area (Å²) in [6.07, 6.45) is 6.51. The minimum atomic E-state index is 0.0181. The zero-order valence-corrected chi connectivity index (χ0v) is 13.4. The van der Waals surface area contributed by atoms with Crippen LogP contribution in [-0.2, 0) is 19.2 Å². The van der Waals surface area contributed by atoms with Crippen LogP contribution in [0.15, 0.2) is 11.6 Å². The van der Waals surface area contributed by atoms with Crippen molar-refractivity contribution in [2.45, 2.75) is 45.4 Å². The summed E-state index contributed by atoms with van der Waals surface area (Å²) < 4.78 is 5.49. The fourth-order valence-corrected chi connectivity index (χ4v) is 3.22. The summed E-state index contributed by atoms with van der Waals surface area (Å²) in [7, 11) is 0. The van der Waals surface area contributed by atoms with Crippen molar-refractivity contribution in [3.05, 3.63) is 11.6 Å². The van der Waals surface area contributed by atoms with Gasteiger partial charge in [0.25, 0.3) is 0 Å². The maximum Gasteiger partial charge on any atom is 0.166 e. The third-order valence-corrected chi connectivity index (χ3v) is 4.44. The van der Waals surface area contributed by atoms with Gasteiger partial charge in [0, 0.05) is 32.6 Å². The number of Topliss-reactive ketones (excluding diaryl/α,β-unsaturated/α-hetero) is 2. The van der Waals surface area contributed by atoms with E-state index in [4.69, 9.17) is 9.57 Å². The summed E-state index contributed by atoms with van der Waals surface area (Å²) in [5.41, 5.74) is 3.25. The minimum absolute atomic E-state index is 0.0181. The van der Waals surface area contributed by atoms with Crippen molar-refractivity contribution in [1.82, 2.24) is 5.48 Å². The molecule has 1 aliphatic carbocycles. The van der Waals surface area contributed by atoms with Crippen molar-refractivity contribution in [2.24, 2.45) is 11.8 Å². The van der Waals surface area contributed by atoms with Crippen molar-refractivity contribution in [3.8, 4) is 0 Å². The molecule has 0 radical (unpaired) electrons. The van der Waals surface area contributed by atoms with Crippen LogP contribution < -0.4 is 5.48 Å². The quantitative estimate of drug-likeness (QED) is 0.338. The Morgan fingerprint density at radius 1 is 1.27 bits per heavy atom. The van der Waals surface area contributed by atoms with Crippen LogP contribution >= 0.6 is 0 Å². The first kappa shape index (κ1) is 17.3. The van der Waals surface area contributed by atoms with Crippen LogP contribution in [0.5, 0.6) is 0 Å². The van der Waals surface area contributed by atoms with E-state index in [1.165, 1.54) is 0 Å². The van der Waals surface area contributed by atoms with E-state index >= 15 is 0 Å². The van der Waals surface area contributed by atoms with Crippen molar-refractivity contribution < 1.29 is 19.2 Å². The molecular formula is C17H27NO4. The van der Waals surface area contributed by atoms with Gasteiger partial charge in [-0.25, -0.2) is 5.48 Å². The molecule has 0 spiro atoms. The van der Waals surface area contributed by atoms with Crippen molar-refractivity contribution in [3.63, 3.8) is 0 Å². The molecule has 2 rings (SSSR count). The largest absolute Gasteiger partial charge is 0.381 e. The van der Waals surface area contributed by atoms with E-state index in [0.717, 1.165) is 38.8 Å². The first-order chi connectivity index (χ1) is 10.7. The second kappa shape index (κ2) is 9.18. The predicted molar refractivity (Wildman–Crippen MR) is 83.2 cm³/mol. The normalized spacial score (nSPS) is 26.3. The highest BCUT2D eigenvalue weighted by Crippen LogP contribution is 2.33. The lowest BCUT2D eigenvalue weighted by atomic mass is 9.75. The Morgan fingerprint density at radius 2 is 2.05 bits per heavy atom. The average molecular weight is 309 g/mol. The second-order valence-electron chi connectivity index (χ2n) is 6.08. The first-order valence-corrected chi connectivity index (χ1v) is 8.41. The van der Waals surface area contributed by atoms with E-state index in [9.17, 15) is 9.59 Å². The standard InChI is InChI=1S/C17H27NO4/c1-2-22-18-8-4-3-7-15-16(19)10-14(11-17(15)20)13-6-5-9-21-12-13/h7,13-14,18H,2-6,8-12H2,1H3. The van der Waals surface area contributed by atoms with E-state index in [2.05, 4.69) is 5.48 Å². The fourth-order valence-electron chi connectivity index (χ4n) is 3.22. The molecule has 1 saturated carbocycles. The van der Waals surface area contributed by atoms with Crippen molar-refractivity contribution >= 4 is 11.6 Å². The van der Waals surface area contributed by atoms with Crippen LogP contribution in [-0.4, -0.2) is 37.9 Å². The number of hydrogen-bond acceptors (Lipinski definition) is 5. The maximum absolute atomic E-state index is 12.3. The molecule has 2 aliphatic rings. The van der Waals surface area contributed by atoms with Gasteiger partial charge >= 0.3 is 0 Å². The Kier molecular flexibility index (Phi) is 7.22. The summed E-state index contributed by atoms with van der Waals surface area (Å²) in [5, 5.41) is 0. The number of nitrogens with one attached hydrogen (secondary N) is 1. The topological polar surface area (TPSA) is 64.6 Å². The summed E-state index contributed by atoms with van der Waals surface area (Å²) >= 11 is 0. The highest BCUT2D eigenvalue weighted by molar-refractivity contribution is 6.21. The molecule has 1 atom stereocenters. The van der Waals surface area contributed by atoms with Crippen LogP contribution in [0.3, 0.4) is 0 Å². The molecule has 2 fully saturated rings. The molecule has 0 aromatic heterocycles. The first-order valence-electron chi connectivity index (χ1n) is 8.41. The Hall–Kier alpha value is -1.04. The number of hydrogen-bond donors (Lipinski definition) is 1. The molecule has 124 valence electrons. The van der Waals surface area contributed by atoms with Gasteiger partial charge in [0.15, 0.2) is 11.6 Å². The number of ether oxygens (including phenoxy) is 1. The smallest absolute Gasteiger partial charge is 0.166 e. The zero-order chi connectivity index (χ0) is 15.8. The van der Waals surface area contributed by atoms with Gasteiger partial charge in [-0.05, 0) is 44.4 Å². The molecule has 22 heavy (non-hydrogen) atoms.